The van der Waals surface area contributed by atoms with Crippen LogP contribution in [0.3, 0.4) is 0 Å². The Morgan fingerprint density at radius 1 is 1.33 bits per heavy atom. The molecule has 0 aromatic heterocycles. The van der Waals surface area contributed by atoms with Crippen molar-refractivity contribution in [1.29, 1.82) is 0 Å². The van der Waals surface area contributed by atoms with E-state index >= 15 is 0 Å². The Balaban J connectivity index is 1.93. The molecule has 0 aliphatic carbocycles. The summed E-state index contributed by atoms with van der Waals surface area (Å²) in [4.78, 5) is 2.22. The van der Waals surface area contributed by atoms with Gasteiger partial charge in [0, 0.05) is 25.9 Å². The summed E-state index contributed by atoms with van der Waals surface area (Å²) in [7, 11) is 2.09. The lowest BCUT2D eigenvalue weighted by atomic mass is 10.1. The van der Waals surface area contributed by atoms with E-state index in [1.165, 1.54) is 18.5 Å². The molecule has 1 aromatic rings. The zero-order valence-corrected chi connectivity index (χ0v) is 11.3. The summed E-state index contributed by atoms with van der Waals surface area (Å²) in [6.07, 6.45) is 3.60. The first-order chi connectivity index (χ1) is 8.66. The number of aliphatic hydroxyl groups excluding tert-OH is 1. The first-order valence-corrected chi connectivity index (χ1v) is 6.77. The third-order valence-electron chi connectivity index (χ3n) is 3.57. The molecule has 1 N–H and O–H groups in total. The lowest BCUT2D eigenvalue weighted by Crippen LogP contribution is -2.33. The number of rotatable bonds is 4. The first kappa shape index (κ1) is 13.4. The Morgan fingerprint density at radius 3 is 2.61 bits per heavy atom. The highest BCUT2D eigenvalue weighted by Crippen LogP contribution is 2.20. The van der Waals surface area contributed by atoms with Gasteiger partial charge in [-0.15, -0.1) is 0 Å². The number of hydrogen-bond donors (Lipinski definition) is 1. The summed E-state index contributed by atoms with van der Waals surface area (Å²) >= 11 is 0. The van der Waals surface area contributed by atoms with Gasteiger partial charge in [-0.1, -0.05) is 12.1 Å². The Morgan fingerprint density at radius 2 is 2.06 bits per heavy atom. The Hall–Kier alpha value is -1.06. The maximum absolute atomic E-state index is 9.48. The number of benzene rings is 1. The summed E-state index contributed by atoms with van der Waals surface area (Å²) in [5, 5.41) is 9.48. The molecule has 1 saturated heterocycles. The van der Waals surface area contributed by atoms with Crippen molar-refractivity contribution in [2.75, 3.05) is 25.1 Å². The van der Waals surface area contributed by atoms with Crippen molar-refractivity contribution in [3.8, 4) is 0 Å². The van der Waals surface area contributed by atoms with Crippen molar-refractivity contribution in [2.24, 2.45) is 0 Å². The number of nitrogens with zero attached hydrogens (tertiary/aromatic N) is 1. The average Bonchev–Trinajstić information content (AvgIpc) is 2.40. The van der Waals surface area contributed by atoms with E-state index < -0.39 is 6.10 Å². The van der Waals surface area contributed by atoms with Gasteiger partial charge in [-0.2, -0.15) is 0 Å². The summed E-state index contributed by atoms with van der Waals surface area (Å²) in [6, 6.07) is 8.09. The Kier molecular flexibility index (Phi) is 4.61. The van der Waals surface area contributed by atoms with Crippen LogP contribution in [0, 0.1) is 0 Å². The highest BCUT2D eigenvalue weighted by Gasteiger charge is 2.16. The minimum absolute atomic E-state index is 0.361. The van der Waals surface area contributed by atoms with E-state index in [2.05, 4.69) is 24.1 Å². The molecule has 100 valence electrons. The highest BCUT2D eigenvalue weighted by atomic mass is 16.5. The van der Waals surface area contributed by atoms with Crippen LogP contribution in [0.2, 0.25) is 0 Å². The molecule has 1 aromatic carbocycles. The van der Waals surface area contributed by atoms with E-state index in [9.17, 15) is 5.11 Å². The highest BCUT2D eigenvalue weighted by molar-refractivity contribution is 5.47. The van der Waals surface area contributed by atoms with Gasteiger partial charge < -0.3 is 14.7 Å². The molecule has 18 heavy (non-hydrogen) atoms. The molecule has 1 heterocycles. The minimum Gasteiger partial charge on any atom is -0.389 e. The fourth-order valence-corrected chi connectivity index (χ4v) is 2.37. The van der Waals surface area contributed by atoms with Gasteiger partial charge in [0.15, 0.2) is 0 Å². The van der Waals surface area contributed by atoms with Crippen LogP contribution in [0.15, 0.2) is 24.3 Å². The van der Waals surface area contributed by atoms with Crippen LogP contribution in [0.5, 0.6) is 0 Å². The second-order valence-corrected chi connectivity index (χ2v) is 5.14. The molecule has 1 aliphatic rings. The summed E-state index contributed by atoms with van der Waals surface area (Å²) in [5.74, 6) is 0. The quantitative estimate of drug-likeness (QED) is 0.890. The Bertz CT molecular complexity index is 355. The molecule has 0 saturated carbocycles. The molecule has 1 unspecified atom stereocenters. The van der Waals surface area contributed by atoms with Gasteiger partial charge in [-0.05, 0) is 43.9 Å². The largest absolute Gasteiger partial charge is 0.389 e. The second-order valence-electron chi connectivity index (χ2n) is 5.14. The van der Waals surface area contributed by atoms with Gasteiger partial charge >= 0.3 is 0 Å². The third kappa shape index (κ3) is 3.47. The lowest BCUT2D eigenvalue weighted by Gasteiger charge is -2.28. The number of ether oxygens (including phenoxy) is 1. The van der Waals surface area contributed by atoms with Crippen molar-refractivity contribution >= 4 is 5.69 Å². The maximum atomic E-state index is 9.48. The van der Waals surface area contributed by atoms with Crippen molar-refractivity contribution in [3.63, 3.8) is 0 Å². The zero-order valence-electron chi connectivity index (χ0n) is 11.3. The molecule has 1 aliphatic heterocycles. The van der Waals surface area contributed by atoms with Crippen LogP contribution >= 0.6 is 0 Å². The molecular weight excluding hydrogens is 226 g/mol. The van der Waals surface area contributed by atoms with Gasteiger partial charge in [-0.3, -0.25) is 0 Å². The minimum atomic E-state index is -0.397. The molecule has 1 fully saturated rings. The molecule has 0 spiro atoms. The van der Waals surface area contributed by atoms with Crippen molar-refractivity contribution < 1.29 is 9.84 Å². The van der Waals surface area contributed by atoms with Crippen molar-refractivity contribution in [1.82, 2.24) is 0 Å². The predicted molar refractivity (Wildman–Crippen MR) is 73.9 cm³/mol. The van der Waals surface area contributed by atoms with Crippen LogP contribution in [-0.4, -0.2) is 31.4 Å². The van der Waals surface area contributed by atoms with Crippen molar-refractivity contribution in [3.05, 3.63) is 29.8 Å². The van der Waals surface area contributed by atoms with Gasteiger partial charge in [0.05, 0.1) is 12.2 Å². The number of anilines is 1. The molecule has 0 radical (unpaired) electrons. The normalized spacial score (nSPS) is 21.6. The molecule has 0 amide bonds. The van der Waals surface area contributed by atoms with E-state index in [0.29, 0.717) is 6.10 Å². The van der Waals surface area contributed by atoms with Crippen LogP contribution < -0.4 is 4.90 Å². The van der Waals surface area contributed by atoms with E-state index in [1.54, 1.807) is 6.92 Å². The third-order valence-corrected chi connectivity index (χ3v) is 3.57. The monoisotopic (exact) mass is 249 g/mol. The average molecular weight is 249 g/mol. The summed E-state index contributed by atoms with van der Waals surface area (Å²) < 4.78 is 5.75. The van der Waals surface area contributed by atoms with Crippen LogP contribution in [0.25, 0.3) is 0 Å². The molecule has 2 atom stereocenters. The second kappa shape index (κ2) is 6.21. The molecular formula is C15H23NO2. The molecule has 2 rings (SSSR count). The van der Waals surface area contributed by atoms with E-state index in [-0.39, 0.29) is 0 Å². The molecule has 3 nitrogen and oxygen atoms in total. The van der Waals surface area contributed by atoms with E-state index in [0.717, 1.165) is 25.1 Å². The van der Waals surface area contributed by atoms with Gasteiger partial charge in [0.25, 0.3) is 0 Å². The number of aliphatic hydroxyl groups is 1. The number of likely N-dealkylation sites (N-methyl/N-ethyl adjacent to an activating group) is 1. The predicted octanol–water partition coefficient (Wildman–Crippen LogP) is 2.75. The fourth-order valence-electron chi connectivity index (χ4n) is 2.37. The molecule has 0 bridgehead atoms. The van der Waals surface area contributed by atoms with Crippen LogP contribution in [0.4, 0.5) is 5.69 Å². The van der Waals surface area contributed by atoms with E-state index in [4.69, 9.17) is 4.74 Å². The fraction of sp³-hybridized carbons (Fsp3) is 0.600. The van der Waals surface area contributed by atoms with E-state index in [1.807, 2.05) is 12.1 Å². The topological polar surface area (TPSA) is 32.7 Å². The van der Waals surface area contributed by atoms with Gasteiger partial charge in [-0.25, -0.2) is 0 Å². The Labute approximate surface area is 109 Å². The number of hydrogen-bond acceptors (Lipinski definition) is 3. The maximum Gasteiger partial charge on any atom is 0.0761 e. The summed E-state index contributed by atoms with van der Waals surface area (Å²) in [6.45, 7) is 3.63. The zero-order chi connectivity index (χ0) is 13.0. The SMILES string of the molecule is C[C@@H](O)c1ccc(N(C)CC2CCCCO2)cc1. The summed E-state index contributed by atoms with van der Waals surface area (Å²) in [5.41, 5.74) is 2.13. The van der Waals surface area contributed by atoms with Gasteiger partial charge in [0.2, 0.25) is 0 Å². The van der Waals surface area contributed by atoms with Crippen LogP contribution in [0.1, 0.15) is 37.9 Å². The first-order valence-electron chi connectivity index (χ1n) is 6.77. The lowest BCUT2D eigenvalue weighted by molar-refractivity contribution is 0.0216. The smallest absolute Gasteiger partial charge is 0.0761 e. The molecule has 3 heteroatoms. The van der Waals surface area contributed by atoms with Gasteiger partial charge in [0.1, 0.15) is 0 Å². The van der Waals surface area contributed by atoms with Crippen molar-refractivity contribution in [2.45, 2.75) is 38.4 Å². The van der Waals surface area contributed by atoms with Crippen LogP contribution in [-0.2, 0) is 4.74 Å². The standard InChI is InChI=1S/C15H23NO2/c1-12(17)13-6-8-14(9-7-13)16(2)11-15-5-3-4-10-18-15/h6-9,12,15,17H,3-5,10-11H2,1-2H3/t12-,15?/m1/s1.